The molecule has 1 saturated heterocycles. The number of methoxy groups -OCH3 is 2. The van der Waals surface area contributed by atoms with Crippen LogP contribution in [-0.2, 0) is 21.4 Å². The van der Waals surface area contributed by atoms with Gasteiger partial charge < -0.3 is 14.8 Å². The van der Waals surface area contributed by atoms with Crippen LogP contribution in [0.1, 0.15) is 18.4 Å². The van der Waals surface area contributed by atoms with Crippen LogP contribution in [0.3, 0.4) is 0 Å². The number of hydrogen-bond donors (Lipinski definition) is 1. The van der Waals surface area contributed by atoms with Crippen LogP contribution < -0.4 is 14.8 Å². The van der Waals surface area contributed by atoms with Gasteiger partial charge in [-0.25, -0.2) is 8.42 Å². The molecule has 0 aliphatic carbocycles. The topological polar surface area (TPSA) is 84.9 Å². The number of nitrogens with one attached hydrogen (secondary N) is 1. The van der Waals surface area contributed by atoms with Crippen molar-refractivity contribution in [1.82, 2.24) is 9.62 Å². The zero-order valence-corrected chi connectivity index (χ0v) is 17.4. The Morgan fingerprint density at radius 3 is 2.52 bits per heavy atom. The maximum absolute atomic E-state index is 13.1. The smallest absolute Gasteiger partial charge is 0.243 e. The lowest BCUT2D eigenvalue weighted by molar-refractivity contribution is -0.126. The highest BCUT2D eigenvalue weighted by Crippen LogP contribution is 2.32. The van der Waals surface area contributed by atoms with Crippen molar-refractivity contribution in [3.05, 3.63) is 54.1 Å². The molecule has 1 atom stereocenters. The normalized spacial score (nSPS) is 17.5. The molecule has 0 unspecified atom stereocenters. The molecule has 1 aliphatic rings. The Labute approximate surface area is 171 Å². The van der Waals surface area contributed by atoms with Crippen LogP contribution in [0, 0.1) is 5.92 Å². The fourth-order valence-electron chi connectivity index (χ4n) is 3.43. The molecule has 7 nitrogen and oxygen atoms in total. The first-order chi connectivity index (χ1) is 14.0. The van der Waals surface area contributed by atoms with Gasteiger partial charge in [0.15, 0.2) is 11.5 Å². The second kappa shape index (κ2) is 9.28. The van der Waals surface area contributed by atoms with Crippen molar-refractivity contribution >= 4 is 15.9 Å². The summed E-state index contributed by atoms with van der Waals surface area (Å²) in [6, 6.07) is 14.1. The number of carbonyl (C=O) groups is 1. The standard InChI is InChI=1S/C21H26N2O5S/c1-27-19-11-10-18(13-20(19)28-2)29(25,26)23-12-6-9-17(15-23)21(24)22-14-16-7-4-3-5-8-16/h3-5,7-8,10-11,13,17H,6,9,12,14-15H2,1-2H3,(H,22,24)/t17-/m0/s1. The van der Waals surface area contributed by atoms with E-state index in [2.05, 4.69) is 5.32 Å². The maximum Gasteiger partial charge on any atom is 0.243 e. The van der Waals surface area contributed by atoms with Crippen molar-refractivity contribution in [3.63, 3.8) is 0 Å². The number of benzene rings is 2. The zero-order chi connectivity index (χ0) is 20.9. The summed E-state index contributed by atoms with van der Waals surface area (Å²) < 4.78 is 38.0. The molecular weight excluding hydrogens is 392 g/mol. The highest BCUT2D eigenvalue weighted by Gasteiger charge is 2.33. The van der Waals surface area contributed by atoms with Gasteiger partial charge in [-0.05, 0) is 30.5 Å². The van der Waals surface area contributed by atoms with E-state index in [9.17, 15) is 13.2 Å². The van der Waals surface area contributed by atoms with Gasteiger partial charge in [0, 0.05) is 25.7 Å². The second-order valence-electron chi connectivity index (χ2n) is 6.92. The van der Waals surface area contributed by atoms with Crippen LogP contribution in [0.4, 0.5) is 0 Å². The highest BCUT2D eigenvalue weighted by molar-refractivity contribution is 7.89. The van der Waals surface area contributed by atoms with Crippen molar-refractivity contribution < 1.29 is 22.7 Å². The molecule has 156 valence electrons. The molecule has 0 bridgehead atoms. The molecule has 0 spiro atoms. The molecule has 0 saturated carbocycles. The Morgan fingerprint density at radius 2 is 1.83 bits per heavy atom. The van der Waals surface area contributed by atoms with Crippen LogP contribution in [0.5, 0.6) is 11.5 Å². The van der Waals surface area contributed by atoms with Gasteiger partial charge in [0.2, 0.25) is 15.9 Å². The summed E-state index contributed by atoms with van der Waals surface area (Å²) in [6.07, 6.45) is 1.30. The van der Waals surface area contributed by atoms with Crippen LogP contribution in [0.15, 0.2) is 53.4 Å². The van der Waals surface area contributed by atoms with Gasteiger partial charge in [0.25, 0.3) is 0 Å². The monoisotopic (exact) mass is 418 g/mol. The van der Waals surface area contributed by atoms with Crippen LogP contribution in [0.25, 0.3) is 0 Å². The molecule has 8 heteroatoms. The molecular formula is C21H26N2O5S. The largest absolute Gasteiger partial charge is 0.493 e. The number of piperidine rings is 1. The van der Waals surface area contributed by atoms with E-state index in [1.165, 1.54) is 30.7 Å². The molecule has 1 amide bonds. The molecule has 1 N–H and O–H groups in total. The number of rotatable bonds is 7. The first-order valence-corrected chi connectivity index (χ1v) is 10.9. The van der Waals surface area contributed by atoms with Crippen molar-refractivity contribution in [2.24, 2.45) is 5.92 Å². The molecule has 0 radical (unpaired) electrons. The van der Waals surface area contributed by atoms with E-state index in [1.807, 2.05) is 30.3 Å². The van der Waals surface area contributed by atoms with E-state index in [1.54, 1.807) is 6.07 Å². The van der Waals surface area contributed by atoms with Crippen LogP contribution >= 0.6 is 0 Å². The number of carbonyl (C=O) groups excluding carboxylic acids is 1. The summed E-state index contributed by atoms with van der Waals surface area (Å²) in [4.78, 5) is 12.7. The fraction of sp³-hybridized carbons (Fsp3) is 0.381. The van der Waals surface area contributed by atoms with Gasteiger partial charge in [-0.15, -0.1) is 0 Å². The number of hydrogen-bond acceptors (Lipinski definition) is 5. The molecule has 0 aromatic heterocycles. The van der Waals surface area contributed by atoms with Crippen molar-refractivity contribution in [2.45, 2.75) is 24.3 Å². The fourth-order valence-corrected chi connectivity index (χ4v) is 4.97. The Bertz CT molecular complexity index is 947. The molecule has 2 aromatic carbocycles. The lowest BCUT2D eigenvalue weighted by atomic mass is 9.99. The lowest BCUT2D eigenvalue weighted by Gasteiger charge is -2.31. The summed E-state index contributed by atoms with van der Waals surface area (Å²) in [5.41, 5.74) is 1.01. The summed E-state index contributed by atoms with van der Waals surface area (Å²) in [7, 11) is -0.779. The van der Waals surface area contributed by atoms with E-state index in [4.69, 9.17) is 9.47 Å². The molecule has 1 heterocycles. The van der Waals surface area contributed by atoms with E-state index >= 15 is 0 Å². The van der Waals surface area contributed by atoms with Crippen molar-refractivity contribution in [2.75, 3.05) is 27.3 Å². The van der Waals surface area contributed by atoms with Gasteiger partial charge in [-0.3, -0.25) is 4.79 Å². The molecule has 1 aliphatic heterocycles. The zero-order valence-electron chi connectivity index (χ0n) is 16.6. The minimum absolute atomic E-state index is 0.124. The molecule has 3 rings (SSSR count). The summed E-state index contributed by atoms with van der Waals surface area (Å²) >= 11 is 0. The predicted octanol–water partition coefficient (Wildman–Crippen LogP) is 2.42. The average molecular weight is 419 g/mol. The lowest BCUT2D eigenvalue weighted by Crippen LogP contribution is -2.45. The molecule has 1 fully saturated rings. The van der Waals surface area contributed by atoms with Crippen LogP contribution in [-0.4, -0.2) is 45.9 Å². The summed E-state index contributed by atoms with van der Waals surface area (Å²) in [5, 5.41) is 2.92. The molecule has 2 aromatic rings. The average Bonchev–Trinajstić information content (AvgIpc) is 2.77. The minimum Gasteiger partial charge on any atom is -0.493 e. The van der Waals surface area contributed by atoms with Crippen LogP contribution in [0.2, 0.25) is 0 Å². The third-order valence-electron chi connectivity index (χ3n) is 5.06. The first kappa shape index (κ1) is 21.1. The van der Waals surface area contributed by atoms with E-state index in [0.29, 0.717) is 37.4 Å². The van der Waals surface area contributed by atoms with Crippen molar-refractivity contribution in [1.29, 1.82) is 0 Å². The summed E-state index contributed by atoms with van der Waals surface area (Å²) in [5.74, 6) is 0.314. The highest BCUT2D eigenvalue weighted by atomic mass is 32.2. The molecule has 29 heavy (non-hydrogen) atoms. The van der Waals surface area contributed by atoms with E-state index in [0.717, 1.165) is 5.56 Å². The Hall–Kier alpha value is -2.58. The van der Waals surface area contributed by atoms with Gasteiger partial charge in [0.05, 0.1) is 25.0 Å². The maximum atomic E-state index is 13.1. The second-order valence-corrected chi connectivity index (χ2v) is 8.86. The summed E-state index contributed by atoms with van der Waals surface area (Å²) in [6.45, 7) is 0.981. The third kappa shape index (κ3) is 4.89. The number of amides is 1. The van der Waals surface area contributed by atoms with Gasteiger partial charge in [-0.1, -0.05) is 30.3 Å². The Balaban J connectivity index is 1.70. The number of ether oxygens (including phenoxy) is 2. The number of nitrogens with zero attached hydrogens (tertiary/aromatic N) is 1. The van der Waals surface area contributed by atoms with Crippen molar-refractivity contribution in [3.8, 4) is 11.5 Å². The van der Waals surface area contributed by atoms with Gasteiger partial charge >= 0.3 is 0 Å². The van der Waals surface area contributed by atoms with Gasteiger partial charge in [0.1, 0.15) is 0 Å². The Morgan fingerprint density at radius 1 is 1.10 bits per heavy atom. The van der Waals surface area contributed by atoms with Gasteiger partial charge in [-0.2, -0.15) is 4.31 Å². The SMILES string of the molecule is COc1ccc(S(=O)(=O)N2CCC[C@H](C(=O)NCc3ccccc3)C2)cc1OC. The quantitative estimate of drug-likeness (QED) is 0.747. The predicted molar refractivity (Wildman–Crippen MR) is 109 cm³/mol. The Kier molecular flexibility index (Phi) is 6.76. The number of sulfonamides is 1. The minimum atomic E-state index is -3.74. The van der Waals surface area contributed by atoms with E-state index in [-0.39, 0.29) is 23.3 Å². The third-order valence-corrected chi connectivity index (χ3v) is 6.92. The first-order valence-electron chi connectivity index (χ1n) is 9.49. The van der Waals surface area contributed by atoms with E-state index < -0.39 is 10.0 Å².